The Bertz CT molecular complexity index is 593. The summed E-state index contributed by atoms with van der Waals surface area (Å²) in [6, 6.07) is -4.95. The molecule has 2 nitrogen and oxygen atoms in total. The van der Waals surface area contributed by atoms with E-state index in [0.29, 0.717) is 0 Å². The second-order valence-electron chi connectivity index (χ2n) is 4.24. The van der Waals surface area contributed by atoms with Gasteiger partial charge < -0.3 is 5.73 Å². The Balaban J connectivity index is 3.57. The van der Waals surface area contributed by atoms with Crippen LogP contribution in [0.15, 0.2) is 30.2 Å². The summed E-state index contributed by atoms with van der Waals surface area (Å²) in [4.78, 5) is 12.2. The van der Waals surface area contributed by atoms with Crippen LogP contribution in [0.2, 0.25) is 0 Å². The lowest BCUT2D eigenvalue weighted by atomic mass is 9.85. The zero-order chi connectivity index (χ0) is 17.6. The zero-order valence-electron chi connectivity index (χ0n) is 16.1. The number of rotatable bonds is 3. The Morgan fingerprint density at radius 2 is 2.00 bits per heavy atom. The van der Waals surface area contributed by atoms with Crippen LogP contribution in [0.4, 0.5) is 0 Å². The fourth-order valence-corrected chi connectivity index (χ4v) is 1.01. The fraction of sp³-hybridized carbons (Fsp3) is 0.462. The van der Waals surface area contributed by atoms with Crippen molar-refractivity contribution in [2.45, 2.75) is 33.2 Å². The summed E-state index contributed by atoms with van der Waals surface area (Å²) in [5.41, 5.74) is 4.22. The van der Waals surface area contributed by atoms with Crippen molar-refractivity contribution in [3.05, 3.63) is 35.8 Å². The van der Waals surface area contributed by atoms with E-state index in [2.05, 4.69) is 0 Å². The van der Waals surface area contributed by atoms with Crippen LogP contribution in [-0.4, -0.2) is 11.8 Å². The van der Waals surface area contributed by atoms with Crippen molar-refractivity contribution in [1.29, 1.82) is 0 Å². The average molecular weight is 212 g/mol. The van der Waals surface area contributed by atoms with Gasteiger partial charge >= 0.3 is 0 Å². The monoisotopic (exact) mass is 212 g/mol. The molecule has 0 saturated carbocycles. The minimum atomic E-state index is -2.59. The van der Waals surface area contributed by atoms with Gasteiger partial charge in [0.1, 0.15) is 0 Å². The molecular formula is C13H19NO. The van der Waals surface area contributed by atoms with Crippen molar-refractivity contribution in [3.63, 3.8) is 0 Å². The molecule has 0 bridgehead atoms. The SMILES string of the molecule is [2H]c1c([2H])c([2H])c(C([2H])([2H])[C@H](N)C(=O)C(C)(C)C)c([2H])c1[2H]. The summed E-state index contributed by atoms with van der Waals surface area (Å²) in [7, 11) is 0. The van der Waals surface area contributed by atoms with Crippen LogP contribution in [0, 0.1) is 5.41 Å². The van der Waals surface area contributed by atoms with Crippen molar-refractivity contribution in [2.75, 3.05) is 0 Å². The molecule has 1 atom stereocenters. The molecule has 0 aliphatic rings. The molecule has 0 radical (unpaired) electrons. The number of benzene rings is 1. The van der Waals surface area contributed by atoms with E-state index in [-0.39, 0.29) is 0 Å². The highest BCUT2D eigenvalue weighted by molar-refractivity contribution is 5.88. The maximum Gasteiger partial charge on any atom is 0.155 e. The van der Waals surface area contributed by atoms with E-state index in [1.54, 1.807) is 20.8 Å². The Hall–Kier alpha value is -1.15. The Morgan fingerprint density at radius 1 is 1.47 bits per heavy atom. The molecular weight excluding hydrogens is 186 g/mol. The highest BCUT2D eigenvalue weighted by Gasteiger charge is 2.26. The highest BCUT2D eigenvalue weighted by Crippen LogP contribution is 2.17. The van der Waals surface area contributed by atoms with Crippen molar-refractivity contribution >= 4 is 5.78 Å². The third kappa shape index (κ3) is 3.48. The molecule has 1 aromatic rings. The molecule has 2 heteroatoms. The number of ketones is 1. The molecule has 15 heavy (non-hydrogen) atoms. The number of hydrogen-bond donors (Lipinski definition) is 1. The van der Waals surface area contributed by atoms with Crippen LogP contribution in [0.5, 0.6) is 0 Å². The highest BCUT2D eigenvalue weighted by atomic mass is 16.1. The van der Waals surface area contributed by atoms with Gasteiger partial charge in [-0.15, -0.1) is 0 Å². The van der Waals surface area contributed by atoms with Crippen LogP contribution in [-0.2, 0) is 11.2 Å². The average Bonchev–Trinajstić information content (AvgIpc) is 2.40. The maximum absolute atomic E-state index is 12.2. The first-order chi connectivity index (χ1) is 9.74. The van der Waals surface area contributed by atoms with Gasteiger partial charge in [0.15, 0.2) is 5.78 Å². The minimum absolute atomic E-state index is 0.593. The van der Waals surface area contributed by atoms with Crippen LogP contribution < -0.4 is 5.73 Å². The van der Waals surface area contributed by atoms with E-state index in [4.69, 9.17) is 15.3 Å². The summed E-state index contributed by atoms with van der Waals surface area (Å²) in [5.74, 6) is -0.593. The molecule has 0 aliphatic carbocycles. The quantitative estimate of drug-likeness (QED) is 0.834. The first-order valence-electron chi connectivity index (χ1n) is 8.11. The van der Waals surface area contributed by atoms with Crippen LogP contribution >= 0.6 is 0 Å². The third-order valence-electron chi connectivity index (χ3n) is 1.82. The van der Waals surface area contributed by atoms with E-state index in [1.165, 1.54) is 0 Å². The van der Waals surface area contributed by atoms with Gasteiger partial charge in [-0.3, -0.25) is 4.79 Å². The largest absolute Gasteiger partial charge is 0.321 e. The smallest absolute Gasteiger partial charge is 0.155 e. The molecule has 1 aromatic carbocycles. The zero-order valence-corrected chi connectivity index (χ0v) is 9.06. The van der Waals surface area contributed by atoms with E-state index in [1.807, 2.05) is 0 Å². The molecule has 0 amide bonds. The predicted molar refractivity (Wildman–Crippen MR) is 62.6 cm³/mol. The molecule has 0 fully saturated rings. The van der Waals surface area contributed by atoms with E-state index in [9.17, 15) is 4.79 Å². The van der Waals surface area contributed by atoms with Crippen molar-refractivity contribution in [2.24, 2.45) is 11.1 Å². The topological polar surface area (TPSA) is 43.1 Å². The number of Topliss-reactive ketones (excluding diaryl/α,β-unsaturated/α-hetero) is 1. The molecule has 82 valence electrons. The number of carbonyl (C=O) groups excluding carboxylic acids is 1. The van der Waals surface area contributed by atoms with E-state index in [0.717, 1.165) is 0 Å². The van der Waals surface area contributed by atoms with E-state index >= 15 is 0 Å². The summed E-state index contributed by atoms with van der Waals surface area (Å²) in [6.45, 7) is 4.73. The number of hydrogen-bond acceptors (Lipinski definition) is 2. The predicted octanol–water partition coefficient (Wildman–Crippen LogP) is 2.17. The minimum Gasteiger partial charge on any atom is -0.321 e. The molecule has 0 spiro atoms. The molecule has 0 heterocycles. The van der Waals surface area contributed by atoms with Crippen LogP contribution in [0.3, 0.4) is 0 Å². The molecule has 0 unspecified atom stereocenters. The van der Waals surface area contributed by atoms with Crippen LogP contribution in [0.1, 0.15) is 35.9 Å². The van der Waals surface area contributed by atoms with Gasteiger partial charge in [-0.2, -0.15) is 0 Å². The number of nitrogens with two attached hydrogens (primary N) is 1. The van der Waals surface area contributed by atoms with Gasteiger partial charge in [0, 0.05) is 8.16 Å². The van der Waals surface area contributed by atoms with Crippen molar-refractivity contribution < 1.29 is 14.4 Å². The second-order valence-corrected chi connectivity index (χ2v) is 4.24. The van der Waals surface area contributed by atoms with Gasteiger partial charge in [-0.05, 0) is 11.9 Å². The summed E-state index contributed by atoms with van der Waals surface area (Å²) >= 11 is 0. The third-order valence-corrected chi connectivity index (χ3v) is 1.82. The molecule has 0 saturated heterocycles. The second kappa shape index (κ2) is 4.58. The summed E-state index contributed by atoms with van der Waals surface area (Å²) in [6.07, 6.45) is -2.59. The van der Waals surface area contributed by atoms with Gasteiger partial charge in [0.05, 0.1) is 12.9 Å². The van der Waals surface area contributed by atoms with Gasteiger partial charge in [0.25, 0.3) is 0 Å². The normalized spacial score (nSPS) is 21.2. The standard InChI is InChI=1S/C13H19NO/c1-13(2,3)12(15)11(14)9-10-7-5-4-6-8-10/h4-8,11H,9,14H2,1-3H3/t11-/m0/s1/i4D,5D,6D,7D,8D,9D2. The lowest BCUT2D eigenvalue weighted by molar-refractivity contribution is -0.127. The van der Waals surface area contributed by atoms with Gasteiger partial charge in [-0.25, -0.2) is 0 Å². The first kappa shape index (κ1) is 5.26. The van der Waals surface area contributed by atoms with E-state index < -0.39 is 59.4 Å². The lowest BCUT2D eigenvalue weighted by Gasteiger charge is -2.21. The Kier molecular flexibility index (Phi) is 1.61. The lowest BCUT2D eigenvalue weighted by Crippen LogP contribution is -2.40. The molecule has 2 N–H and O–H groups in total. The van der Waals surface area contributed by atoms with Gasteiger partial charge in [0.2, 0.25) is 0 Å². The molecule has 1 rings (SSSR count). The first-order valence-corrected chi connectivity index (χ1v) is 4.61. The Labute approximate surface area is 101 Å². The molecule has 0 aromatic heterocycles. The van der Waals surface area contributed by atoms with Crippen LogP contribution in [0.25, 0.3) is 0 Å². The van der Waals surface area contributed by atoms with Crippen molar-refractivity contribution in [3.8, 4) is 0 Å². The fourth-order valence-electron chi connectivity index (χ4n) is 1.01. The molecule has 0 aliphatic heterocycles. The summed E-state index contributed by atoms with van der Waals surface area (Å²) < 4.78 is 54.5. The summed E-state index contributed by atoms with van der Waals surface area (Å²) in [5, 5.41) is 0. The van der Waals surface area contributed by atoms with Crippen molar-refractivity contribution in [1.82, 2.24) is 0 Å². The van der Waals surface area contributed by atoms with Gasteiger partial charge in [-0.1, -0.05) is 51.0 Å². The number of carbonyl (C=O) groups is 1. The maximum atomic E-state index is 12.2. The Morgan fingerprint density at radius 3 is 2.47 bits per heavy atom.